The molecule has 96 valence electrons. The maximum atomic E-state index is 14.0. The summed E-state index contributed by atoms with van der Waals surface area (Å²) in [4.78, 5) is 4.08. The van der Waals surface area contributed by atoms with Gasteiger partial charge in [-0.2, -0.15) is 0 Å². The zero-order valence-corrected chi connectivity index (χ0v) is 10.9. The van der Waals surface area contributed by atoms with Gasteiger partial charge in [0, 0.05) is 6.04 Å². The zero-order chi connectivity index (χ0) is 13.3. The third-order valence-electron chi connectivity index (χ3n) is 3.09. The maximum Gasteiger partial charge on any atom is 0.147 e. The SMILES string of the molecule is Cc1ccc(-n2cncc2C(N)C(C)C)c(F)c1. The van der Waals surface area contributed by atoms with Crippen molar-refractivity contribution >= 4 is 0 Å². The molecule has 2 rings (SSSR count). The van der Waals surface area contributed by atoms with Gasteiger partial charge in [-0.1, -0.05) is 19.9 Å². The normalized spacial score (nSPS) is 13.0. The second kappa shape index (κ2) is 4.90. The number of aryl methyl sites for hydroxylation is 1. The van der Waals surface area contributed by atoms with Gasteiger partial charge in [-0.25, -0.2) is 9.37 Å². The van der Waals surface area contributed by atoms with Gasteiger partial charge in [-0.3, -0.25) is 4.57 Å². The van der Waals surface area contributed by atoms with E-state index in [1.54, 1.807) is 23.2 Å². The highest BCUT2D eigenvalue weighted by molar-refractivity contribution is 5.38. The molecule has 1 aromatic heterocycles. The van der Waals surface area contributed by atoms with Crippen molar-refractivity contribution in [3.8, 4) is 5.69 Å². The third kappa shape index (κ3) is 2.29. The molecule has 0 saturated carbocycles. The number of benzene rings is 1. The Bertz CT molecular complexity index is 546. The predicted octanol–water partition coefficient (Wildman–Crippen LogP) is 2.98. The molecule has 1 heterocycles. The third-order valence-corrected chi connectivity index (χ3v) is 3.09. The zero-order valence-electron chi connectivity index (χ0n) is 10.9. The molecule has 3 nitrogen and oxygen atoms in total. The fourth-order valence-electron chi connectivity index (χ4n) is 1.90. The molecule has 2 aromatic rings. The highest BCUT2D eigenvalue weighted by atomic mass is 19.1. The lowest BCUT2D eigenvalue weighted by molar-refractivity contribution is 0.494. The molecule has 0 saturated heterocycles. The average Bonchev–Trinajstić information content (AvgIpc) is 2.76. The Hall–Kier alpha value is -1.68. The molecule has 0 radical (unpaired) electrons. The Kier molecular flexibility index (Phi) is 3.48. The van der Waals surface area contributed by atoms with E-state index in [4.69, 9.17) is 5.73 Å². The van der Waals surface area contributed by atoms with Crippen LogP contribution in [0.15, 0.2) is 30.7 Å². The Balaban J connectivity index is 2.49. The van der Waals surface area contributed by atoms with E-state index in [-0.39, 0.29) is 17.8 Å². The van der Waals surface area contributed by atoms with Crippen molar-refractivity contribution in [1.29, 1.82) is 0 Å². The Morgan fingerprint density at radius 2 is 2.06 bits per heavy atom. The van der Waals surface area contributed by atoms with E-state index in [0.29, 0.717) is 5.69 Å². The standard InChI is InChI=1S/C14H18FN3/c1-9(2)14(16)13-7-17-8-18(13)12-5-4-10(3)6-11(12)15/h4-9,14H,16H2,1-3H3. The number of aromatic nitrogens is 2. The van der Waals surface area contributed by atoms with Crippen molar-refractivity contribution in [1.82, 2.24) is 9.55 Å². The molecular weight excluding hydrogens is 229 g/mol. The molecule has 0 aliphatic rings. The summed E-state index contributed by atoms with van der Waals surface area (Å²) in [7, 11) is 0. The van der Waals surface area contributed by atoms with Crippen LogP contribution < -0.4 is 5.73 Å². The van der Waals surface area contributed by atoms with Crippen molar-refractivity contribution < 1.29 is 4.39 Å². The van der Waals surface area contributed by atoms with Gasteiger partial charge in [-0.05, 0) is 30.5 Å². The van der Waals surface area contributed by atoms with Gasteiger partial charge < -0.3 is 5.73 Å². The lowest BCUT2D eigenvalue weighted by Gasteiger charge is -2.18. The van der Waals surface area contributed by atoms with Crippen molar-refractivity contribution in [2.45, 2.75) is 26.8 Å². The minimum atomic E-state index is -0.259. The number of hydrogen-bond donors (Lipinski definition) is 1. The van der Waals surface area contributed by atoms with Crippen LogP contribution in [0.25, 0.3) is 5.69 Å². The van der Waals surface area contributed by atoms with E-state index in [9.17, 15) is 4.39 Å². The first-order valence-electron chi connectivity index (χ1n) is 6.05. The second-order valence-electron chi connectivity index (χ2n) is 4.91. The molecule has 2 N–H and O–H groups in total. The molecule has 4 heteroatoms. The Labute approximate surface area is 106 Å². The largest absolute Gasteiger partial charge is 0.322 e. The van der Waals surface area contributed by atoms with Crippen molar-refractivity contribution in [2.75, 3.05) is 0 Å². The molecule has 1 aromatic carbocycles. The summed E-state index contributed by atoms with van der Waals surface area (Å²) >= 11 is 0. The van der Waals surface area contributed by atoms with Gasteiger partial charge in [0.25, 0.3) is 0 Å². The van der Waals surface area contributed by atoms with Crippen LogP contribution in [0.5, 0.6) is 0 Å². The monoisotopic (exact) mass is 247 g/mol. The van der Waals surface area contributed by atoms with Gasteiger partial charge in [0.1, 0.15) is 5.82 Å². The summed E-state index contributed by atoms with van der Waals surface area (Å²) in [5.41, 5.74) is 8.33. The second-order valence-corrected chi connectivity index (χ2v) is 4.91. The fourth-order valence-corrected chi connectivity index (χ4v) is 1.90. The molecule has 1 atom stereocenters. The van der Waals surface area contributed by atoms with Gasteiger partial charge in [0.2, 0.25) is 0 Å². The van der Waals surface area contributed by atoms with Crippen LogP contribution in [0.1, 0.15) is 31.1 Å². The topological polar surface area (TPSA) is 43.8 Å². The number of imidazole rings is 1. The quantitative estimate of drug-likeness (QED) is 0.906. The number of nitrogens with two attached hydrogens (primary N) is 1. The lowest BCUT2D eigenvalue weighted by atomic mass is 10.0. The van der Waals surface area contributed by atoms with Crippen LogP contribution in [-0.4, -0.2) is 9.55 Å². The van der Waals surface area contributed by atoms with Crippen molar-refractivity contribution in [2.24, 2.45) is 11.7 Å². The van der Waals surface area contributed by atoms with Crippen LogP contribution in [-0.2, 0) is 0 Å². The van der Waals surface area contributed by atoms with E-state index in [0.717, 1.165) is 11.3 Å². The summed E-state index contributed by atoms with van der Waals surface area (Å²) in [6, 6.07) is 4.99. The van der Waals surface area contributed by atoms with E-state index in [1.807, 2.05) is 26.8 Å². The van der Waals surface area contributed by atoms with Gasteiger partial charge in [0.15, 0.2) is 0 Å². The molecule has 0 aliphatic carbocycles. The van der Waals surface area contributed by atoms with E-state index in [2.05, 4.69) is 4.98 Å². The van der Waals surface area contributed by atoms with E-state index >= 15 is 0 Å². The average molecular weight is 247 g/mol. The summed E-state index contributed by atoms with van der Waals surface area (Å²) in [5.74, 6) is 0.0131. The smallest absolute Gasteiger partial charge is 0.147 e. The summed E-state index contributed by atoms with van der Waals surface area (Å²) < 4.78 is 15.7. The van der Waals surface area contributed by atoms with Gasteiger partial charge in [-0.15, -0.1) is 0 Å². The van der Waals surface area contributed by atoms with Crippen molar-refractivity contribution in [3.05, 3.63) is 47.8 Å². The first kappa shape index (κ1) is 12.8. The molecule has 1 unspecified atom stereocenters. The first-order valence-corrected chi connectivity index (χ1v) is 6.05. The summed E-state index contributed by atoms with van der Waals surface area (Å²) in [5, 5.41) is 0. The Morgan fingerprint density at radius 3 is 2.67 bits per heavy atom. The maximum absolute atomic E-state index is 14.0. The molecule has 0 spiro atoms. The van der Waals surface area contributed by atoms with Crippen LogP contribution in [0, 0.1) is 18.7 Å². The molecular formula is C14H18FN3. The highest BCUT2D eigenvalue weighted by Gasteiger charge is 2.17. The first-order chi connectivity index (χ1) is 8.50. The number of halogens is 1. The summed E-state index contributed by atoms with van der Waals surface area (Å²) in [6.07, 6.45) is 3.30. The van der Waals surface area contributed by atoms with Crippen LogP contribution in [0.2, 0.25) is 0 Å². The number of hydrogen-bond acceptors (Lipinski definition) is 2. The predicted molar refractivity (Wildman–Crippen MR) is 70.0 cm³/mol. The van der Waals surface area contributed by atoms with E-state index in [1.165, 1.54) is 6.07 Å². The van der Waals surface area contributed by atoms with Crippen LogP contribution >= 0.6 is 0 Å². The molecule has 0 bridgehead atoms. The Morgan fingerprint density at radius 1 is 1.33 bits per heavy atom. The van der Waals surface area contributed by atoms with Crippen molar-refractivity contribution in [3.63, 3.8) is 0 Å². The van der Waals surface area contributed by atoms with Crippen LogP contribution in [0.3, 0.4) is 0 Å². The molecule has 0 aliphatic heterocycles. The molecule has 0 amide bonds. The van der Waals surface area contributed by atoms with Gasteiger partial charge in [0.05, 0.1) is 23.9 Å². The summed E-state index contributed by atoms with van der Waals surface area (Å²) in [6.45, 7) is 5.93. The number of rotatable bonds is 3. The van der Waals surface area contributed by atoms with E-state index < -0.39 is 0 Å². The minimum Gasteiger partial charge on any atom is -0.322 e. The van der Waals surface area contributed by atoms with Crippen LogP contribution in [0.4, 0.5) is 4.39 Å². The molecule has 18 heavy (non-hydrogen) atoms. The number of nitrogens with zero attached hydrogens (tertiary/aromatic N) is 2. The molecule has 0 fully saturated rings. The highest BCUT2D eigenvalue weighted by Crippen LogP contribution is 2.23. The lowest BCUT2D eigenvalue weighted by Crippen LogP contribution is -2.20. The fraction of sp³-hybridized carbons (Fsp3) is 0.357. The minimum absolute atomic E-state index is 0.159. The van der Waals surface area contributed by atoms with Gasteiger partial charge >= 0.3 is 0 Å².